The molecule has 0 saturated carbocycles. The van der Waals surface area contributed by atoms with Gasteiger partial charge in [-0.3, -0.25) is 10.8 Å². The quantitative estimate of drug-likeness (QED) is 0.610. The monoisotopic (exact) mass is 244 g/mol. The molecule has 0 aromatic heterocycles. The predicted molar refractivity (Wildman–Crippen MR) is 50.8 cm³/mol. The van der Waals surface area contributed by atoms with Gasteiger partial charge in [-0.1, -0.05) is 0 Å². The fourth-order valence-electron chi connectivity index (χ4n) is 0.764. The molecule has 2 N–H and O–H groups in total. The molecule has 13 heavy (non-hydrogen) atoms. The molecule has 5 heteroatoms. The summed E-state index contributed by atoms with van der Waals surface area (Å²) in [5, 5.41) is 13.9. The van der Waals surface area contributed by atoms with Crippen LogP contribution in [0.2, 0.25) is 0 Å². The van der Waals surface area contributed by atoms with Crippen molar-refractivity contribution >= 4 is 28.2 Å². The number of rotatable bonds is 2. The Hall–Kier alpha value is -1.23. The second-order valence-electron chi connectivity index (χ2n) is 2.19. The molecule has 0 bridgehead atoms. The largest absolute Gasteiger partial charge is 0.428 e. The molecular weight excluding hydrogens is 239 g/mol. The molecule has 0 aliphatic rings. The van der Waals surface area contributed by atoms with Crippen molar-refractivity contribution in [1.29, 1.82) is 10.8 Å². The zero-order chi connectivity index (χ0) is 9.84. The van der Waals surface area contributed by atoms with Crippen LogP contribution in [0.25, 0.3) is 0 Å². The Balaban J connectivity index is 2.96. The maximum Gasteiger partial charge on any atom is 0.220 e. The smallest absolute Gasteiger partial charge is 0.220 e. The van der Waals surface area contributed by atoms with Crippen LogP contribution >= 0.6 is 15.9 Å². The molecule has 0 saturated heterocycles. The molecule has 0 unspecified atom stereocenters. The Morgan fingerprint density at radius 1 is 1.54 bits per heavy atom. The van der Waals surface area contributed by atoms with Gasteiger partial charge in [0, 0.05) is 5.56 Å². The molecule has 0 radical (unpaired) electrons. The molecule has 68 valence electrons. The van der Waals surface area contributed by atoms with Gasteiger partial charge in [0.15, 0.2) is 6.40 Å². The average Bonchev–Trinajstić information content (AvgIpc) is 2.10. The van der Waals surface area contributed by atoms with E-state index in [9.17, 15) is 4.39 Å². The van der Waals surface area contributed by atoms with Gasteiger partial charge in [0.25, 0.3) is 0 Å². The Kier molecular flexibility index (Phi) is 3.13. The number of benzene rings is 1. The van der Waals surface area contributed by atoms with Gasteiger partial charge >= 0.3 is 0 Å². The van der Waals surface area contributed by atoms with Crippen LogP contribution < -0.4 is 0 Å². The summed E-state index contributed by atoms with van der Waals surface area (Å²) < 4.78 is 17.5. The van der Waals surface area contributed by atoms with Gasteiger partial charge in [-0.25, -0.2) is 4.39 Å². The topological polar surface area (TPSA) is 56.9 Å². The molecule has 0 aliphatic carbocycles. The maximum absolute atomic E-state index is 12.7. The highest BCUT2D eigenvalue weighted by molar-refractivity contribution is 9.10. The first-order chi connectivity index (χ1) is 6.15. The van der Waals surface area contributed by atoms with Crippen molar-refractivity contribution in [2.75, 3.05) is 0 Å². The molecule has 0 heterocycles. The van der Waals surface area contributed by atoms with E-state index in [0.29, 0.717) is 12.0 Å². The fourth-order valence-corrected chi connectivity index (χ4v) is 1.14. The number of hydrogen-bond donors (Lipinski definition) is 2. The number of nitrogens with one attached hydrogen (secondary N) is 2. The van der Waals surface area contributed by atoms with E-state index in [-0.39, 0.29) is 10.4 Å². The van der Waals surface area contributed by atoms with E-state index in [0.717, 1.165) is 0 Å². The third-order valence-electron chi connectivity index (χ3n) is 1.36. The summed E-state index contributed by atoms with van der Waals surface area (Å²) in [5.74, 6) is -0.581. The van der Waals surface area contributed by atoms with E-state index < -0.39 is 5.82 Å². The van der Waals surface area contributed by atoms with Gasteiger partial charge in [-0.15, -0.1) is 0 Å². The first kappa shape index (κ1) is 9.85. The Labute approximate surface area is 82.7 Å². The van der Waals surface area contributed by atoms with Crippen LogP contribution in [-0.4, -0.2) is 12.3 Å². The Morgan fingerprint density at radius 3 is 2.77 bits per heavy atom. The standard InChI is InChI=1S/C8H6BrFN2O/c9-6-3-5(1-2-7(6)10)8(12)13-4-11/h1-4,11-12H. The predicted octanol–water partition coefficient (Wildman–Crippen LogP) is 2.54. The lowest BCUT2D eigenvalue weighted by atomic mass is 10.2. The van der Waals surface area contributed by atoms with Crippen molar-refractivity contribution in [1.82, 2.24) is 0 Å². The van der Waals surface area contributed by atoms with E-state index in [2.05, 4.69) is 20.7 Å². The lowest BCUT2D eigenvalue weighted by Gasteiger charge is -2.02. The summed E-state index contributed by atoms with van der Waals surface area (Å²) in [6.45, 7) is 0. The minimum Gasteiger partial charge on any atom is -0.428 e. The minimum absolute atomic E-state index is 0.185. The summed E-state index contributed by atoms with van der Waals surface area (Å²) in [6.07, 6.45) is 0.652. The molecule has 1 aromatic carbocycles. The number of hydrogen-bond acceptors (Lipinski definition) is 3. The van der Waals surface area contributed by atoms with E-state index in [4.69, 9.17) is 10.8 Å². The zero-order valence-electron chi connectivity index (χ0n) is 6.47. The van der Waals surface area contributed by atoms with Crippen LogP contribution in [0.5, 0.6) is 0 Å². The third kappa shape index (κ3) is 2.35. The summed E-state index contributed by atoms with van der Waals surface area (Å²) in [7, 11) is 0. The van der Waals surface area contributed by atoms with Gasteiger partial charge in [0.2, 0.25) is 5.90 Å². The summed E-state index contributed by atoms with van der Waals surface area (Å²) in [5.41, 5.74) is 0.414. The summed E-state index contributed by atoms with van der Waals surface area (Å²) >= 11 is 2.98. The fraction of sp³-hybridized carbons (Fsp3) is 0. The number of ether oxygens (including phenoxy) is 1. The molecule has 0 aliphatic heterocycles. The van der Waals surface area contributed by atoms with Crippen molar-refractivity contribution in [2.45, 2.75) is 0 Å². The Morgan fingerprint density at radius 2 is 2.23 bits per heavy atom. The van der Waals surface area contributed by atoms with Gasteiger partial charge in [-0.05, 0) is 34.1 Å². The van der Waals surface area contributed by atoms with E-state index in [1.54, 1.807) is 0 Å². The van der Waals surface area contributed by atoms with E-state index in [1.807, 2.05) is 0 Å². The summed E-state index contributed by atoms with van der Waals surface area (Å²) in [6, 6.07) is 4.05. The van der Waals surface area contributed by atoms with Crippen LogP contribution in [0.3, 0.4) is 0 Å². The molecular formula is C8H6BrFN2O. The first-order valence-corrected chi connectivity index (χ1v) is 4.14. The van der Waals surface area contributed by atoms with Crippen molar-refractivity contribution < 1.29 is 9.13 Å². The first-order valence-electron chi connectivity index (χ1n) is 3.34. The van der Waals surface area contributed by atoms with E-state index in [1.165, 1.54) is 18.2 Å². The van der Waals surface area contributed by atoms with Crippen molar-refractivity contribution in [3.63, 3.8) is 0 Å². The van der Waals surface area contributed by atoms with Crippen LogP contribution in [0.1, 0.15) is 5.56 Å². The van der Waals surface area contributed by atoms with Gasteiger partial charge in [0.1, 0.15) is 5.82 Å². The Bertz CT molecular complexity index is 354. The molecule has 0 fully saturated rings. The zero-order valence-corrected chi connectivity index (χ0v) is 8.06. The highest BCUT2D eigenvalue weighted by Gasteiger charge is 2.05. The van der Waals surface area contributed by atoms with Crippen LogP contribution in [-0.2, 0) is 4.74 Å². The molecule has 0 amide bonds. The van der Waals surface area contributed by atoms with Gasteiger partial charge in [0.05, 0.1) is 4.47 Å². The van der Waals surface area contributed by atoms with Crippen molar-refractivity contribution in [3.8, 4) is 0 Å². The molecule has 1 rings (SSSR count). The summed E-state index contributed by atoms with van der Waals surface area (Å²) in [4.78, 5) is 0. The lowest BCUT2D eigenvalue weighted by molar-refractivity contribution is 0.560. The SMILES string of the molecule is N=COC(=N)c1ccc(F)c(Br)c1. The molecule has 3 nitrogen and oxygen atoms in total. The van der Waals surface area contributed by atoms with Crippen molar-refractivity contribution in [2.24, 2.45) is 0 Å². The van der Waals surface area contributed by atoms with Crippen molar-refractivity contribution in [3.05, 3.63) is 34.1 Å². The normalized spacial score (nSPS) is 9.38. The second-order valence-corrected chi connectivity index (χ2v) is 3.05. The van der Waals surface area contributed by atoms with Gasteiger partial charge < -0.3 is 4.74 Å². The average molecular weight is 245 g/mol. The third-order valence-corrected chi connectivity index (χ3v) is 1.97. The van der Waals surface area contributed by atoms with Crippen LogP contribution in [0, 0.1) is 16.6 Å². The number of halogens is 2. The molecule has 0 atom stereocenters. The highest BCUT2D eigenvalue weighted by Crippen LogP contribution is 2.17. The minimum atomic E-state index is -0.397. The molecule has 1 aromatic rings. The van der Waals surface area contributed by atoms with Crippen LogP contribution in [0.15, 0.2) is 22.7 Å². The maximum atomic E-state index is 12.7. The lowest BCUT2D eigenvalue weighted by Crippen LogP contribution is -2.03. The second kappa shape index (κ2) is 4.13. The van der Waals surface area contributed by atoms with E-state index >= 15 is 0 Å². The highest BCUT2D eigenvalue weighted by atomic mass is 79.9. The molecule has 0 spiro atoms. The van der Waals surface area contributed by atoms with Crippen LogP contribution in [0.4, 0.5) is 4.39 Å². The van der Waals surface area contributed by atoms with Gasteiger partial charge in [-0.2, -0.15) is 0 Å².